The van der Waals surface area contributed by atoms with Gasteiger partial charge in [0.25, 0.3) is 0 Å². The fourth-order valence-electron chi connectivity index (χ4n) is 3.58. The van der Waals surface area contributed by atoms with E-state index in [1.807, 2.05) is 30.0 Å². The lowest BCUT2D eigenvalue weighted by Crippen LogP contribution is -2.25. The van der Waals surface area contributed by atoms with Crippen molar-refractivity contribution in [2.45, 2.75) is 30.1 Å². The molecule has 0 fully saturated rings. The number of aliphatic imine (C=N–C) groups is 2. The topological polar surface area (TPSA) is 28.0 Å². The summed E-state index contributed by atoms with van der Waals surface area (Å²) in [6, 6.07) is 27.4. The quantitative estimate of drug-likeness (QED) is 0.350. The molecule has 5 heteroatoms. The van der Waals surface area contributed by atoms with Gasteiger partial charge in [0, 0.05) is 28.5 Å². The smallest absolute Gasteiger partial charge is 0.0896 e. The zero-order chi connectivity index (χ0) is 22.2. The van der Waals surface area contributed by atoms with Crippen molar-refractivity contribution in [3.8, 4) is 0 Å². The molecule has 1 heterocycles. The van der Waals surface area contributed by atoms with Crippen LogP contribution >= 0.6 is 23.5 Å². The van der Waals surface area contributed by atoms with Crippen LogP contribution in [0.4, 0.5) is 11.4 Å². The summed E-state index contributed by atoms with van der Waals surface area (Å²) in [5.41, 5.74) is 4.16. The molecule has 0 amide bonds. The number of benzene rings is 3. The van der Waals surface area contributed by atoms with Crippen molar-refractivity contribution in [1.82, 2.24) is 4.90 Å². The van der Waals surface area contributed by atoms with Gasteiger partial charge in [-0.1, -0.05) is 68.1 Å². The number of rotatable bonds is 8. The average molecular weight is 460 g/mol. The van der Waals surface area contributed by atoms with Crippen molar-refractivity contribution < 1.29 is 0 Å². The minimum atomic E-state index is 0.767. The van der Waals surface area contributed by atoms with Crippen molar-refractivity contribution in [2.75, 3.05) is 25.4 Å². The lowest BCUT2D eigenvalue weighted by Gasteiger charge is -2.17. The Labute approximate surface area is 200 Å². The van der Waals surface area contributed by atoms with Crippen LogP contribution < -0.4 is 0 Å². The zero-order valence-electron chi connectivity index (χ0n) is 18.7. The molecule has 1 aliphatic heterocycles. The molecular weight excluding hydrogens is 430 g/mol. The second kappa shape index (κ2) is 11.5. The molecule has 3 aromatic rings. The van der Waals surface area contributed by atoms with Gasteiger partial charge in [-0.25, -0.2) is 4.99 Å². The Hall–Kier alpha value is -2.34. The Morgan fingerprint density at radius 1 is 0.750 bits per heavy atom. The number of hydrogen-bond acceptors (Lipinski definition) is 5. The molecule has 164 valence electrons. The Morgan fingerprint density at radius 3 is 2.06 bits per heavy atom. The molecular formula is C27H29N3S2. The third kappa shape index (κ3) is 6.12. The lowest BCUT2D eigenvalue weighted by atomic mass is 10.1. The second-order valence-corrected chi connectivity index (χ2v) is 9.86. The minimum absolute atomic E-state index is 0.767. The predicted octanol–water partition coefficient (Wildman–Crippen LogP) is 7.47. The largest absolute Gasteiger partial charge is 0.303 e. The van der Waals surface area contributed by atoms with E-state index in [0.717, 1.165) is 59.5 Å². The fourth-order valence-corrected chi connectivity index (χ4v) is 5.40. The highest BCUT2D eigenvalue weighted by Gasteiger charge is 2.16. The summed E-state index contributed by atoms with van der Waals surface area (Å²) < 4.78 is 0. The maximum Gasteiger partial charge on any atom is 0.0896 e. The molecule has 0 saturated heterocycles. The molecule has 3 nitrogen and oxygen atoms in total. The van der Waals surface area contributed by atoms with Gasteiger partial charge in [-0.2, -0.15) is 0 Å². The number of fused-ring (bicyclic) bond motifs is 1. The van der Waals surface area contributed by atoms with Gasteiger partial charge in [0.1, 0.15) is 0 Å². The molecule has 0 N–H and O–H groups in total. The van der Waals surface area contributed by atoms with Crippen molar-refractivity contribution >= 4 is 45.7 Å². The van der Waals surface area contributed by atoms with Crippen LogP contribution in [0, 0.1) is 0 Å². The van der Waals surface area contributed by atoms with Gasteiger partial charge >= 0.3 is 0 Å². The monoisotopic (exact) mass is 459 g/mol. The standard InChI is InChI=1S/C27H29N3S2/c1-3-30(4-2)18-19-31-27-20-26(28-24-12-8-9-13-25(24)29-27)21-14-16-23(17-15-21)32-22-10-6-5-7-11-22/h5-17H,3-4,18-20H2,1-2H3. The van der Waals surface area contributed by atoms with Crippen LogP contribution in [0.3, 0.4) is 0 Å². The number of para-hydroxylation sites is 2. The molecule has 0 atom stereocenters. The van der Waals surface area contributed by atoms with E-state index in [9.17, 15) is 0 Å². The minimum Gasteiger partial charge on any atom is -0.303 e. The van der Waals surface area contributed by atoms with Gasteiger partial charge in [-0.05, 0) is 55.1 Å². The van der Waals surface area contributed by atoms with E-state index < -0.39 is 0 Å². The highest BCUT2D eigenvalue weighted by Crippen LogP contribution is 2.34. The van der Waals surface area contributed by atoms with E-state index in [2.05, 4.69) is 79.4 Å². The van der Waals surface area contributed by atoms with E-state index in [-0.39, 0.29) is 0 Å². The summed E-state index contributed by atoms with van der Waals surface area (Å²) in [5.74, 6) is 1.04. The first-order chi connectivity index (χ1) is 15.7. The van der Waals surface area contributed by atoms with Crippen molar-refractivity contribution in [1.29, 1.82) is 0 Å². The maximum atomic E-state index is 5.02. The van der Waals surface area contributed by atoms with Gasteiger partial charge in [0.05, 0.1) is 22.1 Å². The Balaban J connectivity index is 1.52. The van der Waals surface area contributed by atoms with E-state index in [1.54, 1.807) is 11.8 Å². The van der Waals surface area contributed by atoms with Gasteiger partial charge < -0.3 is 4.90 Å². The van der Waals surface area contributed by atoms with Crippen molar-refractivity contribution in [2.24, 2.45) is 9.98 Å². The van der Waals surface area contributed by atoms with Crippen LogP contribution in [0.1, 0.15) is 25.8 Å². The Morgan fingerprint density at radius 2 is 1.38 bits per heavy atom. The molecule has 0 unspecified atom stereocenters. The zero-order valence-corrected chi connectivity index (χ0v) is 20.3. The van der Waals surface area contributed by atoms with Gasteiger partial charge in [0.2, 0.25) is 0 Å². The SMILES string of the molecule is CCN(CC)CCSC1=Nc2ccccc2N=C(c2ccc(Sc3ccccc3)cc2)C1. The Bertz CT molecular complexity index is 1070. The van der Waals surface area contributed by atoms with E-state index in [4.69, 9.17) is 9.98 Å². The summed E-state index contributed by atoms with van der Waals surface area (Å²) in [7, 11) is 0. The highest BCUT2D eigenvalue weighted by molar-refractivity contribution is 8.14. The molecule has 4 rings (SSSR count). The molecule has 0 radical (unpaired) electrons. The van der Waals surface area contributed by atoms with Gasteiger partial charge in [0.15, 0.2) is 0 Å². The van der Waals surface area contributed by atoms with E-state index in [0.29, 0.717) is 0 Å². The van der Waals surface area contributed by atoms with E-state index in [1.165, 1.54) is 9.79 Å². The molecule has 0 aliphatic carbocycles. The van der Waals surface area contributed by atoms with Gasteiger partial charge in [-0.3, -0.25) is 4.99 Å². The van der Waals surface area contributed by atoms with Crippen molar-refractivity contribution in [3.63, 3.8) is 0 Å². The first kappa shape index (κ1) is 22.8. The number of hydrogen-bond donors (Lipinski definition) is 0. The molecule has 0 aromatic heterocycles. The summed E-state index contributed by atoms with van der Waals surface area (Å²) in [4.78, 5) is 14.9. The molecule has 1 aliphatic rings. The summed E-state index contributed by atoms with van der Waals surface area (Å²) >= 11 is 3.64. The predicted molar refractivity (Wildman–Crippen MR) is 142 cm³/mol. The molecule has 0 bridgehead atoms. The summed E-state index contributed by atoms with van der Waals surface area (Å²) in [5, 5.41) is 1.14. The fraction of sp³-hybridized carbons (Fsp3) is 0.259. The third-order valence-electron chi connectivity index (χ3n) is 5.44. The highest BCUT2D eigenvalue weighted by atomic mass is 32.2. The lowest BCUT2D eigenvalue weighted by molar-refractivity contribution is 0.324. The van der Waals surface area contributed by atoms with Crippen molar-refractivity contribution in [3.05, 3.63) is 84.4 Å². The normalized spacial score (nSPS) is 13.3. The number of nitrogens with zero attached hydrogens (tertiary/aromatic N) is 3. The second-order valence-electron chi connectivity index (χ2n) is 7.54. The van der Waals surface area contributed by atoms with Crippen LogP contribution in [0.15, 0.2) is 98.6 Å². The molecule has 3 aromatic carbocycles. The van der Waals surface area contributed by atoms with E-state index >= 15 is 0 Å². The first-order valence-electron chi connectivity index (χ1n) is 11.2. The van der Waals surface area contributed by atoms with Crippen LogP contribution in [0.5, 0.6) is 0 Å². The van der Waals surface area contributed by atoms with Crippen LogP contribution in [0.2, 0.25) is 0 Å². The summed E-state index contributed by atoms with van der Waals surface area (Å²) in [6.07, 6.45) is 0.767. The number of thioether (sulfide) groups is 1. The Kier molecular flexibility index (Phi) is 8.21. The van der Waals surface area contributed by atoms with Crippen LogP contribution in [0.25, 0.3) is 0 Å². The van der Waals surface area contributed by atoms with Gasteiger partial charge in [-0.15, -0.1) is 11.8 Å². The molecule has 0 spiro atoms. The first-order valence-corrected chi connectivity index (χ1v) is 13.0. The summed E-state index contributed by atoms with van der Waals surface area (Å²) in [6.45, 7) is 7.70. The molecule has 0 saturated carbocycles. The third-order valence-corrected chi connectivity index (χ3v) is 7.41. The van der Waals surface area contributed by atoms with Crippen LogP contribution in [-0.4, -0.2) is 41.0 Å². The average Bonchev–Trinajstić information content (AvgIpc) is 3.02. The molecule has 32 heavy (non-hydrogen) atoms. The van der Waals surface area contributed by atoms with Crippen LogP contribution in [-0.2, 0) is 0 Å². The maximum absolute atomic E-state index is 5.02.